The van der Waals surface area contributed by atoms with Gasteiger partial charge in [-0.15, -0.1) is 0 Å². The Balaban J connectivity index is 2.77. The van der Waals surface area contributed by atoms with Crippen LogP contribution in [-0.4, -0.2) is 20.6 Å². The summed E-state index contributed by atoms with van der Waals surface area (Å²) in [7, 11) is 0.431. The quantitative estimate of drug-likeness (QED) is 0.594. The molecule has 0 spiro atoms. The maximum Gasteiger partial charge on any atom is 0.327 e. The maximum atomic E-state index is 10.3. The van der Waals surface area contributed by atoms with Crippen molar-refractivity contribution in [3.63, 3.8) is 0 Å². The first-order valence-corrected chi connectivity index (χ1v) is 5.41. The minimum absolute atomic E-state index is 0.431. The highest BCUT2D eigenvalue weighted by Crippen LogP contribution is 2.01. The lowest BCUT2D eigenvalue weighted by Gasteiger charge is -2.04. The summed E-state index contributed by atoms with van der Waals surface area (Å²) >= 11 is 0. The summed E-state index contributed by atoms with van der Waals surface area (Å²) in [5, 5.41) is 9.64. The van der Waals surface area contributed by atoms with Crippen LogP contribution in [0.3, 0.4) is 0 Å². The van der Waals surface area contributed by atoms with Gasteiger partial charge in [0, 0.05) is 6.08 Å². The molecule has 0 saturated carbocycles. The van der Waals surface area contributed by atoms with E-state index in [1.165, 1.54) is 22.4 Å². The predicted octanol–water partition coefficient (Wildman–Crippen LogP) is 1.23. The SMILES string of the molecule is Cc1cccc([Si]C=CC(=O)O)c1C. The van der Waals surface area contributed by atoms with Crippen LogP contribution in [0.4, 0.5) is 0 Å². The second-order valence-corrected chi connectivity index (χ2v) is 4.22. The number of carboxylic acids is 1. The average molecular weight is 204 g/mol. The highest BCUT2D eigenvalue weighted by Gasteiger charge is 1.99. The van der Waals surface area contributed by atoms with Crippen molar-refractivity contribution in [3.05, 3.63) is 41.1 Å². The Morgan fingerprint density at radius 1 is 1.43 bits per heavy atom. The van der Waals surface area contributed by atoms with E-state index in [1.807, 2.05) is 12.1 Å². The van der Waals surface area contributed by atoms with Crippen molar-refractivity contribution in [2.45, 2.75) is 13.8 Å². The van der Waals surface area contributed by atoms with Gasteiger partial charge in [0.15, 0.2) is 0 Å². The molecule has 0 bridgehead atoms. The molecular formula is C11H12O2Si. The maximum absolute atomic E-state index is 10.3. The topological polar surface area (TPSA) is 37.3 Å². The van der Waals surface area contributed by atoms with Crippen molar-refractivity contribution in [1.29, 1.82) is 0 Å². The predicted molar refractivity (Wildman–Crippen MR) is 58.1 cm³/mol. The second-order valence-electron chi connectivity index (χ2n) is 3.06. The highest BCUT2D eigenvalue weighted by molar-refractivity contribution is 6.59. The van der Waals surface area contributed by atoms with Crippen LogP contribution in [0.2, 0.25) is 0 Å². The van der Waals surface area contributed by atoms with Crippen molar-refractivity contribution < 1.29 is 9.90 Å². The first-order valence-electron chi connectivity index (χ1n) is 4.33. The van der Waals surface area contributed by atoms with Crippen LogP contribution in [0.25, 0.3) is 0 Å². The molecule has 2 nitrogen and oxygen atoms in total. The van der Waals surface area contributed by atoms with E-state index in [9.17, 15) is 4.79 Å². The fourth-order valence-corrected chi connectivity index (χ4v) is 2.12. The number of carboxylic acid groups (broad SMARTS) is 1. The first-order chi connectivity index (χ1) is 6.61. The number of rotatable bonds is 3. The molecule has 0 aromatic heterocycles. The van der Waals surface area contributed by atoms with Crippen molar-refractivity contribution >= 4 is 20.7 Å². The van der Waals surface area contributed by atoms with E-state index in [0.717, 1.165) is 0 Å². The Morgan fingerprint density at radius 3 is 2.79 bits per heavy atom. The molecule has 0 amide bonds. The van der Waals surface area contributed by atoms with Gasteiger partial charge in [-0.3, -0.25) is 0 Å². The zero-order chi connectivity index (χ0) is 10.6. The highest BCUT2D eigenvalue weighted by atomic mass is 28.2. The molecule has 14 heavy (non-hydrogen) atoms. The van der Waals surface area contributed by atoms with Crippen LogP contribution in [-0.2, 0) is 4.79 Å². The summed E-state index contributed by atoms with van der Waals surface area (Å²) in [5.74, 6) is -0.886. The minimum atomic E-state index is -0.886. The van der Waals surface area contributed by atoms with Gasteiger partial charge < -0.3 is 5.11 Å². The van der Waals surface area contributed by atoms with Crippen LogP contribution >= 0.6 is 0 Å². The number of carbonyl (C=O) groups is 1. The van der Waals surface area contributed by atoms with Crippen LogP contribution in [0.5, 0.6) is 0 Å². The van der Waals surface area contributed by atoms with Crippen molar-refractivity contribution in [2.24, 2.45) is 0 Å². The summed E-state index contributed by atoms with van der Waals surface area (Å²) in [4.78, 5) is 10.3. The third kappa shape index (κ3) is 2.85. The van der Waals surface area contributed by atoms with Gasteiger partial charge in [0.25, 0.3) is 0 Å². The number of benzene rings is 1. The second kappa shape index (κ2) is 4.76. The summed E-state index contributed by atoms with van der Waals surface area (Å²) in [6.07, 6.45) is 1.19. The van der Waals surface area contributed by atoms with E-state index in [2.05, 4.69) is 19.9 Å². The molecule has 1 N–H and O–H groups in total. The third-order valence-electron chi connectivity index (χ3n) is 2.07. The summed E-state index contributed by atoms with van der Waals surface area (Å²) < 4.78 is 0. The number of hydrogen-bond donors (Lipinski definition) is 1. The molecule has 0 aliphatic rings. The Bertz CT molecular complexity index is 370. The van der Waals surface area contributed by atoms with Gasteiger partial charge >= 0.3 is 5.97 Å². The molecule has 0 atom stereocenters. The molecule has 0 unspecified atom stereocenters. The van der Waals surface area contributed by atoms with Gasteiger partial charge in [-0.2, -0.15) is 0 Å². The van der Waals surface area contributed by atoms with Crippen LogP contribution in [0, 0.1) is 13.8 Å². The fraction of sp³-hybridized carbons (Fsp3) is 0.182. The zero-order valence-electron chi connectivity index (χ0n) is 8.24. The van der Waals surface area contributed by atoms with Gasteiger partial charge in [0.1, 0.15) is 9.52 Å². The molecule has 0 heterocycles. The Labute approximate surface area is 86.1 Å². The molecule has 0 saturated heterocycles. The van der Waals surface area contributed by atoms with E-state index in [-0.39, 0.29) is 0 Å². The Hall–Kier alpha value is -1.35. The standard InChI is InChI=1S/C11H12O2Si/c1-8-4-3-5-10(9(8)2)14-7-6-11(12)13/h3-7H,1-2H3,(H,12,13). The molecule has 1 aromatic rings. The number of hydrogen-bond acceptors (Lipinski definition) is 1. The molecule has 3 heteroatoms. The Kier molecular flexibility index (Phi) is 3.65. The minimum Gasteiger partial charge on any atom is -0.478 e. The van der Waals surface area contributed by atoms with Gasteiger partial charge in [0.05, 0.1) is 0 Å². The van der Waals surface area contributed by atoms with Crippen LogP contribution in [0.15, 0.2) is 30.0 Å². The smallest absolute Gasteiger partial charge is 0.327 e. The molecule has 0 fully saturated rings. The van der Waals surface area contributed by atoms with E-state index in [1.54, 1.807) is 5.70 Å². The fourth-order valence-electron chi connectivity index (χ4n) is 1.11. The molecule has 1 rings (SSSR count). The van der Waals surface area contributed by atoms with Crippen molar-refractivity contribution in [2.75, 3.05) is 0 Å². The van der Waals surface area contributed by atoms with E-state index >= 15 is 0 Å². The summed E-state index contributed by atoms with van der Waals surface area (Å²) in [6.45, 7) is 4.12. The van der Waals surface area contributed by atoms with Crippen LogP contribution < -0.4 is 5.19 Å². The summed E-state index contributed by atoms with van der Waals surface area (Å²) in [6, 6.07) is 6.09. The van der Waals surface area contributed by atoms with Gasteiger partial charge in [0.2, 0.25) is 0 Å². The van der Waals surface area contributed by atoms with Gasteiger partial charge in [-0.25, -0.2) is 4.79 Å². The van der Waals surface area contributed by atoms with Crippen LogP contribution in [0.1, 0.15) is 11.1 Å². The lowest BCUT2D eigenvalue weighted by atomic mass is 10.1. The first kappa shape index (κ1) is 10.7. The van der Waals surface area contributed by atoms with E-state index in [4.69, 9.17) is 5.11 Å². The largest absolute Gasteiger partial charge is 0.478 e. The lowest BCUT2D eigenvalue weighted by Crippen LogP contribution is -2.16. The molecule has 0 aliphatic carbocycles. The molecule has 1 aromatic carbocycles. The zero-order valence-corrected chi connectivity index (χ0v) is 9.24. The molecule has 0 aliphatic heterocycles. The molecule has 2 radical (unpaired) electrons. The normalized spacial score (nSPS) is 10.7. The third-order valence-corrected chi connectivity index (χ3v) is 3.26. The van der Waals surface area contributed by atoms with Gasteiger partial charge in [-0.05, 0) is 25.0 Å². The number of aryl methyl sites for hydroxylation is 1. The average Bonchev–Trinajstić information content (AvgIpc) is 2.12. The molecule has 72 valence electrons. The lowest BCUT2D eigenvalue weighted by molar-refractivity contribution is -0.131. The van der Waals surface area contributed by atoms with Crippen molar-refractivity contribution in [1.82, 2.24) is 0 Å². The monoisotopic (exact) mass is 204 g/mol. The Morgan fingerprint density at radius 2 is 2.14 bits per heavy atom. The van der Waals surface area contributed by atoms with E-state index in [0.29, 0.717) is 9.52 Å². The summed E-state index contributed by atoms with van der Waals surface area (Å²) in [5.41, 5.74) is 4.20. The van der Waals surface area contributed by atoms with Crippen molar-refractivity contribution in [3.8, 4) is 0 Å². The van der Waals surface area contributed by atoms with Gasteiger partial charge in [-0.1, -0.05) is 29.1 Å². The molecular weight excluding hydrogens is 192 g/mol. The number of aliphatic carboxylic acids is 1. The van der Waals surface area contributed by atoms with E-state index < -0.39 is 5.97 Å².